The van der Waals surface area contributed by atoms with Crippen LogP contribution in [0.2, 0.25) is 0 Å². The maximum atomic E-state index is 12.3. The number of para-hydroxylation sites is 1. The fourth-order valence-electron chi connectivity index (χ4n) is 3.70. The Morgan fingerprint density at radius 2 is 2.03 bits per heavy atom. The third-order valence-electron chi connectivity index (χ3n) is 5.51. The molecule has 1 amide bonds. The highest BCUT2D eigenvalue weighted by Crippen LogP contribution is 2.38. The summed E-state index contributed by atoms with van der Waals surface area (Å²) in [6.07, 6.45) is 4.73. The number of carbonyl (C=O) groups is 1. The van der Waals surface area contributed by atoms with Gasteiger partial charge in [0.05, 0.1) is 32.6 Å². The fourth-order valence-corrected chi connectivity index (χ4v) is 3.70. The SMILES string of the molecule is [2H]C([2H])(CN(C)C)N(C)c1cc(OC)c(Nc2nccc(-c3c[nH]c4ccccc34)n2)cc1NC(=O)C=C. The van der Waals surface area contributed by atoms with Gasteiger partial charge in [0.1, 0.15) is 5.75 Å². The van der Waals surface area contributed by atoms with E-state index in [1.807, 2.05) is 36.5 Å². The number of nitrogens with one attached hydrogen (secondary N) is 3. The molecular formula is C27H31N7O2. The number of amides is 1. The smallest absolute Gasteiger partial charge is 0.247 e. The van der Waals surface area contributed by atoms with E-state index in [1.165, 1.54) is 12.0 Å². The molecule has 4 rings (SSSR count). The number of hydrogen-bond acceptors (Lipinski definition) is 7. The minimum atomic E-state index is -1.74. The van der Waals surface area contributed by atoms with E-state index < -0.39 is 12.4 Å². The maximum Gasteiger partial charge on any atom is 0.247 e. The van der Waals surface area contributed by atoms with Gasteiger partial charge in [0.15, 0.2) is 0 Å². The van der Waals surface area contributed by atoms with Gasteiger partial charge < -0.3 is 30.2 Å². The molecule has 9 heteroatoms. The van der Waals surface area contributed by atoms with Crippen LogP contribution < -0.4 is 20.3 Å². The Labute approximate surface area is 213 Å². The molecule has 2 aromatic heterocycles. The Hall–Kier alpha value is -4.37. The van der Waals surface area contributed by atoms with E-state index in [0.717, 1.165) is 28.2 Å². The molecule has 36 heavy (non-hydrogen) atoms. The number of benzene rings is 2. The van der Waals surface area contributed by atoms with Crippen molar-refractivity contribution in [3.05, 3.63) is 67.5 Å². The van der Waals surface area contributed by atoms with E-state index in [2.05, 4.69) is 27.2 Å². The van der Waals surface area contributed by atoms with Crippen molar-refractivity contribution in [2.75, 3.05) is 56.8 Å². The zero-order chi connectivity index (χ0) is 27.4. The van der Waals surface area contributed by atoms with Crippen molar-refractivity contribution in [3.8, 4) is 17.0 Å². The molecule has 0 radical (unpaired) electrons. The van der Waals surface area contributed by atoms with Gasteiger partial charge in [-0.05, 0) is 38.4 Å². The van der Waals surface area contributed by atoms with E-state index in [4.69, 9.17) is 12.5 Å². The molecule has 0 saturated heterocycles. The van der Waals surface area contributed by atoms with Crippen LogP contribution in [0.1, 0.15) is 2.74 Å². The van der Waals surface area contributed by atoms with Gasteiger partial charge in [-0.2, -0.15) is 0 Å². The van der Waals surface area contributed by atoms with Crippen molar-refractivity contribution in [1.29, 1.82) is 0 Å². The largest absolute Gasteiger partial charge is 0.494 e. The molecule has 0 atom stereocenters. The number of ether oxygens (including phenoxy) is 1. The van der Waals surface area contributed by atoms with Gasteiger partial charge in [-0.3, -0.25) is 4.79 Å². The second-order valence-electron chi connectivity index (χ2n) is 8.36. The first kappa shape index (κ1) is 22.1. The number of likely N-dealkylation sites (N-methyl/N-ethyl adjacent to an activating group) is 2. The monoisotopic (exact) mass is 487 g/mol. The molecule has 4 aromatic rings. The molecule has 2 aromatic carbocycles. The minimum Gasteiger partial charge on any atom is -0.494 e. The molecule has 0 aliphatic rings. The molecule has 2 heterocycles. The Kier molecular flexibility index (Phi) is 6.71. The van der Waals surface area contributed by atoms with E-state index in [1.54, 1.807) is 44.4 Å². The molecule has 0 unspecified atom stereocenters. The molecule has 9 nitrogen and oxygen atoms in total. The van der Waals surface area contributed by atoms with Crippen molar-refractivity contribution in [2.45, 2.75) is 0 Å². The second-order valence-corrected chi connectivity index (χ2v) is 8.36. The number of nitrogens with zero attached hydrogens (tertiary/aromatic N) is 4. The van der Waals surface area contributed by atoms with E-state index in [0.29, 0.717) is 28.8 Å². The van der Waals surface area contributed by atoms with Gasteiger partial charge in [0.2, 0.25) is 11.9 Å². The molecule has 0 spiro atoms. The lowest BCUT2D eigenvalue weighted by atomic mass is 10.1. The van der Waals surface area contributed by atoms with Gasteiger partial charge >= 0.3 is 0 Å². The van der Waals surface area contributed by atoms with E-state index in [-0.39, 0.29) is 6.54 Å². The number of aromatic nitrogens is 3. The van der Waals surface area contributed by atoms with Crippen LogP contribution in [0.25, 0.3) is 22.2 Å². The zero-order valence-electron chi connectivity index (χ0n) is 22.8. The quantitative estimate of drug-likeness (QED) is 0.283. The number of rotatable bonds is 10. The van der Waals surface area contributed by atoms with E-state index >= 15 is 0 Å². The summed E-state index contributed by atoms with van der Waals surface area (Å²) in [6.45, 7) is 1.92. The Balaban J connectivity index is 1.73. The fraction of sp³-hybridized carbons (Fsp3) is 0.222. The number of anilines is 4. The van der Waals surface area contributed by atoms with Crippen LogP contribution >= 0.6 is 0 Å². The summed E-state index contributed by atoms with van der Waals surface area (Å²) in [5, 5.41) is 7.01. The topological polar surface area (TPSA) is 98.4 Å². The van der Waals surface area contributed by atoms with Crippen molar-refractivity contribution < 1.29 is 12.3 Å². The summed E-state index contributed by atoms with van der Waals surface area (Å²) >= 11 is 0. The van der Waals surface area contributed by atoms with Gasteiger partial charge in [-0.1, -0.05) is 24.8 Å². The summed E-state index contributed by atoms with van der Waals surface area (Å²) in [5.41, 5.74) is 3.98. The highest BCUT2D eigenvalue weighted by molar-refractivity contribution is 6.02. The van der Waals surface area contributed by atoms with Crippen LogP contribution in [0.3, 0.4) is 0 Å². The normalized spacial score (nSPS) is 12.1. The minimum absolute atomic E-state index is 0.134. The summed E-state index contributed by atoms with van der Waals surface area (Å²) in [4.78, 5) is 27.8. The second kappa shape index (κ2) is 10.9. The Morgan fingerprint density at radius 1 is 1.22 bits per heavy atom. The molecular weight excluding hydrogens is 454 g/mol. The summed E-state index contributed by atoms with van der Waals surface area (Å²) in [5.74, 6) is 0.322. The van der Waals surface area contributed by atoms with Gasteiger partial charge in [-0.15, -0.1) is 0 Å². The van der Waals surface area contributed by atoms with Crippen molar-refractivity contribution >= 4 is 39.8 Å². The van der Waals surface area contributed by atoms with Crippen LogP contribution in [-0.4, -0.2) is 67.1 Å². The zero-order valence-corrected chi connectivity index (χ0v) is 20.8. The Morgan fingerprint density at radius 3 is 2.78 bits per heavy atom. The lowest BCUT2D eigenvalue weighted by molar-refractivity contribution is -0.111. The lowest BCUT2D eigenvalue weighted by Crippen LogP contribution is -2.29. The van der Waals surface area contributed by atoms with Gasteiger partial charge in [0, 0.05) is 55.0 Å². The predicted molar refractivity (Wildman–Crippen MR) is 146 cm³/mol. The van der Waals surface area contributed by atoms with Crippen LogP contribution in [0, 0.1) is 0 Å². The molecule has 186 valence electrons. The molecule has 3 N–H and O–H groups in total. The van der Waals surface area contributed by atoms with Crippen LogP contribution in [-0.2, 0) is 4.79 Å². The standard InChI is InChI=1S/C27H31N7O2/c1-6-26(35)30-22-15-23(25(36-5)16-24(22)34(4)14-13-33(2)3)32-27-28-12-11-21(31-27)19-17-29-20-10-8-7-9-18(19)20/h6-12,15-17,29H,1,13-14H2,2-5H3,(H,30,35)(H,28,31,32)/i14D2. The van der Waals surface area contributed by atoms with Crippen LogP contribution in [0.4, 0.5) is 23.0 Å². The summed E-state index contributed by atoms with van der Waals surface area (Å²) in [7, 11) is 6.74. The van der Waals surface area contributed by atoms with Crippen molar-refractivity contribution in [2.24, 2.45) is 0 Å². The summed E-state index contributed by atoms with van der Waals surface area (Å²) in [6, 6.07) is 13.1. The van der Waals surface area contributed by atoms with Crippen molar-refractivity contribution in [3.63, 3.8) is 0 Å². The first-order valence-electron chi connectivity index (χ1n) is 12.3. The van der Waals surface area contributed by atoms with Gasteiger partial charge in [0.25, 0.3) is 0 Å². The predicted octanol–water partition coefficient (Wildman–Crippen LogP) is 4.50. The Bertz CT molecular complexity index is 1470. The van der Waals surface area contributed by atoms with E-state index in [9.17, 15) is 4.79 Å². The number of hydrogen-bond donors (Lipinski definition) is 3. The average molecular weight is 488 g/mol. The summed E-state index contributed by atoms with van der Waals surface area (Å²) < 4.78 is 22.8. The molecule has 0 saturated carbocycles. The number of aromatic amines is 1. The molecule has 0 aliphatic carbocycles. The number of fused-ring (bicyclic) bond motifs is 1. The molecule has 0 aliphatic heterocycles. The highest BCUT2D eigenvalue weighted by atomic mass is 16.5. The first-order valence-corrected chi connectivity index (χ1v) is 11.3. The average Bonchev–Trinajstić information content (AvgIpc) is 3.32. The number of methoxy groups -OCH3 is 1. The van der Waals surface area contributed by atoms with Gasteiger partial charge in [-0.25, -0.2) is 9.97 Å². The van der Waals surface area contributed by atoms with Crippen molar-refractivity contribution in [1.82, 2.24) is 19.9 Å². The number of carbonyl (C=O) groups excluding carboxylic acids is 1. The number of H-pyrrole nitrogens is 1. The third kappa shape index (κ3) is 5.47. The first-order chi connectivity index (χ1) is 18.1. The lowest BCUT2D eigenvalue weighted by Gasteiger charge is -2.26. The highest BCUT2D eigenvalue weighted by Gasteiger charge is 2.17. The molecule has 0 fully saturated rings. The molecule has 0 bridgehead atoms. The third-order valence-corrected chi connectivity index (χ3v) is 5.51. The van der Waals surface area contributed by atoms with Crippen LogP contribution in [0.15, 0.2) is 67.5 Å². The maximum absolute atomic E-state index is 12.3. The van der Waals surface area contributed by atoms with Crippen LogP contribution in [0.5, 0.6) is 5.75 Å².